The Bertz CT molecular complexity index is 1090. The summed E-state index contributed by atoms with van der Waals surface area (Å²) >= 11 is 0. The summed E-state index contributed by atoms with van der Waals surface area (Å²) in [5, 5.41) is 14.3. The largest absolute Gasteiger partial charge is 0.493 e. The molecule has 2 aromatic rings. The summed E-state index contributed by atoms with van der Waals surface area (Å²) in [6.45, 7) is 13.2. The molecule has 0 fully saturated rings. The van der Waals surface area contributed by atoms with Crippen LogP contribution in [0.2, 0.25) is 0 Å². The number of nitrogens with zero attached hydrogens (tertiary/aromatic N) is 1. The van der Waals surface area contributed by atoms with E-state index in [0.29, 0.717) is 44.3 Å². The Hall–Kier alpha value is -2.81. The molecule has 2 aromatic carbocycles. The zero-order valence-corrected chi connectivity index (χ0v) is 28.5. The van der Waals surface area contributed by atoms with Gasteiger partial charge in [-0.05, 0) is 78.8 Å². The first-order chi connectivity index (χ1) is 21.0. The van der Waals surface area contributed by atoms with Crippen molar-refractivity contribution in [3.63, 3.8) is 0 Å². The molecular weight excluding hydrogens is 554 g/mol. The summed E-state index contributed by atoms with van der Waals surface area (Å²) in [6, 6.07) is 13.9. The average molecular weight is 614 g/mol. The van der Waals surface area contributed by atoms with Crippen LogP contribution in [0.3, 0.4) is 0 Å². The number of carbonyl (C=O) groups is 1. The molecule has 4 N–H and O–H groups in total. The number of aliphatic hydroxyl groups is 1. The van der Waals surface area contributed by atoms with Crippen LogP contribution in [-0.2, 0) is 22.5 Å². The van der Waals surface area contributed by atoms with Crippen LogP contribution in [0.1, 0.15) is 71.4 Å². The lowest BCUT2D eigenvalue weighted by Crippen LogP contribution is -2.42. The Morgan fingerprint density at radius 2 is 1.64 bits per heavy atom. The van der Waals surface area contributed by atoms with Gasteiger partial charge in [-0.25, -0.2) is 0 Å². The van der Waals surface area contributed by atoms with Crippen LogP contribution in [0, 0.1) is 23.7 Å². The van der Waals surface area contributed by atoms with Crippen molar-refractivity contribution in [1.29, 1.82) is 0 Å². The van der Waals surface area contributed by atoms with E-state index < -0.39 is 12.1 Å². The molecule has 0 aromatic heterocycles. The maximum Gasteiger partial charge on any atom is 0.223 e. The summed E-state index contributed by atoms with van der Waals surface area (Å²) in [5.74, 6) is 1.73. The van der Waals surface area contributed by atoms with Crippen molar-refractivity contribution in [2.24, 2.45) is 29.4 Å². The zero-order valence-electron chi connectivity index (χ0n) is 28.5. The normalized spacial score (nSPS) is 14.3. The van der Waals surface area contributed by atoms with Crippen molar-refractivity contribution in [3.05, 3.63) is 53.6 Å². The molecule has 4 atom stereocenters. The highest BCUT2D eigenvalue weighted by Crippen LogP contribution is 2.32. The van der Waals surface area contributed by atoms with Crippen LogP contribution >= 0.6 is 0 Å². The molecule has 2 rings (SSSR count). The summed E-state index contributed by atoms with van der Waals surface area (Å²) in [4.78, 5) is 15.5. The molecule has 8 heteroatoms. The van der Waals surface area contributed by atoms with Gasteiger partial charge in [-0.15, -0.1) is 0 Å². The monoisotopic (exact) mass is 613 g/mol. The van der Waals surface area contributed by atoms with Crippen LogP contribution in [0.4, 0.5) is 5.69 Å². The van der Waals surface area contributed by atoms with Crippen molar-refractivity contribution in [3.8, 4) is 11.5 Å². The van der Waals surface area contributed by atoms with E-state index in [2.05, 4.69) is 68.4 Å². The van der Waals surface area contributed by atoms with Gasteiger partial charge in [0, 0.05) is 57.9 Å². The molecular formula is C36H59N3O5. The quantitative estimate of drug-likeness (QED) is 0.152. The third-order valence-corrected chi connectivity index (χ3v) is 8.53. The highest BCUT2D eigenvalue weighted by molar-refractivity contribution is 5.79. The number of hydrogen-bond donors (Lipinski definition) is 3. The predicted octanol–water partition coefficient (Wildman–Crippen LogP) is 5.83. The Morgan fingerprint density at radius 3 is 2.23 bits per heavy atom. The smallest absolute Gasteiger partial charge is 0.223 e. The van der Waals surface area contributed by atoms with E-state index in [1.54, 1.807) is 14.2 Å². The standard InChI is InChI=1S/C36H59N3O5/c1-9-17-39(6)30-14-11-27(12-15-30)24-38-36(41)31(26(4)5)23-33(40)32(37)22-29(25(2)3)20-28-13-16-34(43-8)35(21-28)44-19-10-18-42-7/h11-16,21,25-26,29,31-33,40H,9-10,17-20,22-24,37H2,1-8H3,(H,38,41)/t29?,31?,32?,33-/m0/s1. The van der Waals surface area contributed by atoms with Gasteiger partial charge in [0.1, 0.15) is 0 Å². The van der Waals surface area contributed by atoms with E-state index in [4.69, 9.17) is 19.9 Å². The molecule has 0 spiro atoms. The third-order valence-electron chi connectivity index (χ3n) is 8.53. The molecule has 8 nitrogen and oxygen atoms in total. The number of amides is 1. The first kappa shape index (κ1) is 37.4. The lowest BCUT2D eigenvalue weighted by molar-refractivity contribution is -0.127. The minimum Gasteiger partial charge on any atom is -0.493 e. The highest BCUT2D eigenvalue weighted by atomic mass is 16.5. The highest BCUT2D eigenvalue weighted by Gasteiger charge is 2.30. The first-order valence-electron chi connectivity index (χ1n) is 16.3. The number of rotatable bonds is 21. The van der Waals surface area contributed by atoms with E-state index >= 15 is 0 Å². The van der Waals surface area contributed by atoms with Gasteiger partial charge in [0.05, 0.1) is 19.8 Å². The predicted molar refractivity (Wildman–Crippen MR) is 180 cm³/mol. The SMILES string of the molecule is CCCN(C)c1ccc(CNC(=O)C(C[C@H](O)C(N)CC(Cc2ccc(OC)c(OCCCOC)c2)C(C)C)C(C)C)cc1. The second kappa shape index (κ2) is 19.6. The molecule has 0 saturated heterocycles. The van der Waals surface area contributed by atoms with Crippen LogP contribution in [0.15, 0.2) is 42.5 Å². The number of carbonyl (C=O) groups excluding carboxylic acids is 1. The maximum absolute atomic E-state index is 13.2. The van der Waals surface area contributed by atoms with E-state index in [1.165, 1.54) is 0 Å². The number of nitrogens with one attached hydrogen (secondary N) is 1. The lowest BCUT2D eigenvalue weighted by atomic mass is 9.81. The Morgan fingerprint density at radius 1 is 0.955 bits per heavy atom. The topological polar surface area (TPSA) is 106 Å². The number of nitrogens with two attached hydrogens (primary N) is 1. The summed E-state index contributed by atoms with van der Waals surface area (Å²) < 4.78 is 16.6. The van der Waals surface area contributed by atoms with Gasteiger partial charge >= 0.3 is 0 Å². The van der Waals surface area contributed by atoms with Gasteiger partial charge in [-0.2, -0.15) is 0 Å². The van der Waals surface area contributed by atoms with E-state index in [-0.39, 0.29) is 23.7 Å². The van der Waals surface area contributed by atoms with Gasteiger partial charge in [0.25, 0.3) is 0 Å². The maximum atomic E-state index is 13.2. The van der Waals surface area contributed by atoms with Gasteiger partial charge in [0.2, 0.25) is 5.91 Å². The Balaban J connectivity index is 1.99. The summed E-state index contributed by atoms with van der Waals surface area (Å²) in [6.07, 6.45) is 2.90. The molecule has 0 aliphatic rings. The van der Waals surface area contributed by atoms with Gasteiger partial charge in [-0.1, -0.05) is 52.8 Å². The number of aliphatic hydroxyl groups excluding tert-OH is 1. The van der Waals surface area contributed by atoms with Gasteiger partial charge in [0.15, 0.2) is 11.5 Å². The van der Waals surface area contributed by atoms with Crippen molar-refractivity contribution in [1.82, 2.24) is 5.32 Å². The summed E-state index contributed by atoms with van der Waals surface area (Å²) in [5.41, 5.74) is 9.96. The molecule has 0 aliphatic heterocycles. The molecule has 3 unspecified atom stereocenters. The fourth-order valence-corrected chi connectivity index (χ4v) is 5.52. The Labute approximate surface area is 266 Å². The minimum absolute atomic E-state index is 0.0462. The van der Waals surface area contributed by atoms with Gasteiger partial charge in [-0.3, -0.25) is 4.79 Å². The molecule has 0 heterocycles. The van der Waals surface area contributed by atoms with E-state index in [1.807, 2.05) is 26.0 Å². The van der Waals surface area contributed by atoms with Crippen LogP contribution in [0.25, 0.3) is 0 Å². The van der Waals surface area contributed by atoms with Crippen molar-refractivity contribution >= 4 is 11.6 Å². The number of hydrogen-bond acceptors (Lipinski definition) is 7. The number of methoxy groups -OCH3 is 2. The molecule has 0 saturated carbocycles. The van der Waals surface area contributed by atoms with Gasteiger partial charge < -0.3 is 35.3 Å². The van der Waals surface area contributed by atoms with Crippen LogP contribution in [-0.4, -0.2) is 64.2 Å². The van der Waals surface area contributed by atoms with E-state index in [0.717, 1.165) is 48.4 Å². The second-order valence-electron chi connectivity index (χ2n) is 12.7. The van der Waals surface area contributed by atoms with Crippen molar-refractivity contribution in [2.75, 3.05) is 45.9 Å². The van der Waals surface area contributed by atoms with Crippen molar-refractivity contribution in [2.45, 2.75) is 85.4 Å². The zero-order chi connectivity index (χ0) is 32.6. The van der Waals surface area contributed by atoms with Crippen molar-refractivity contribution < 1.29 is 24.1 Å². The second-order valence-corrected chi connectivity index (χ2v) is 12.7. The number of ether oxygens (including phenoxy) is 3. The number of anilines is 1. The van der Waals surface area contributed by atoms with Crippen LogP contribution < -0.4 is 25.4 Å². The minimum atomic E-state index is -0.779. The molecule has 0 radical (unpaired) electrons. The third kappa shape index (κ3) is 12.3. The summed E-state index contributed by atoms with van der Waals surface area (Å²) in [7, 11) is 5.41. The Kier molecular flexibility index (Phi) is 16.6. The molecule has 1 amide bonds. The first-order valence-corrected chi connectivity index (χ1v) is 16.3. The molecule has 44 heavy (non-hydrogen) atoms. The van der Waals surface area contributed by atoms with E-state index in [9.17, 15) is 9.90 Å². The molecule has 248 valence electrons. The fraction of sp³-hybridized carbons (Fsp3) is 0.639. The molecule has 0 aliphatic carbocycles. The number of benzene rings is 2. The average Bonchev–Trinajstić information content (AvgIpc) is 3.00. The molecule has 0 bridgehead atoms. The lowest BCUT2D eigenvalue weighted by Gasteiger charge is -2.30. The van der Waals surface area contributed by atoms with Crippen LogP contribution in [0.5, 0.6) is 11.5 Å². The fourth-order valence-electron chi connectivity index (χ4n) is 5.52.